The Balaban J connectivity index is 2.70. The quantitative estimate of drug-likeness (QED) is 0.214. The molecular weight excluding hydrogens is 318 g/mol. The molecule has 0 saturated heterocycles. The van der Waals surface area contributed by atoms with Gasteiger partial charge in [0.1, 0.15) is 5.57 Å². The van der Waals surface area contributed by atoms with E-state index in [1.165, 1.54) is 6.08 Å². The fourth-order valence-corrected chi connectivity index (χ4v) is 2.11. The molecule has 0 heterocycles. The van der Waals surface area contributed by atoms with Crippen LogP contribution in [-0.4, -0.2) is 43.1 Å². The average molecular weight is 345 g/mol. The first kappa shape index (κ1) is 20.5. The van der Waals surface area contributed by atoms with Crippen molar-refractivity contribution < 1.29 is 19.1 Å². The Morgan fingerprint density at radius 3 is 2.24 bits per heavy atom. The van der Waals surface area contributed by atoms with E-state index in [9.17, 15) is 9.59 Å². The van der Waals surface area contributed by atoms with Crippen LogP contribution in [0.1, 0.15) is 26.3 Å². The maximum absolute atomic E-state index is 12.2. The van der Waals surface area contributed by atoms with Crippen LogP contribution in [0.15, 0.2) is 54.3 Å². The minimum Gasteiger partial charge on any atom is -0.462 e. The molecule has 0 spiro atoms. The second-order valence-corrected chi connectivity index (χ2v) is 5.24. The molecule has 1 aromatic carbocycles. The van der Waals surface area contributed by atoms with Crippen LogP contribution in [-0.2, 0) is 25.5 Å². The predicted molar refractivity (Wildman–Crippen MR) is 97.9 cm³/mol. The van der Waals surface area contributed by atoms with Gasteiger partial charge in [-0.15, -0.1) is 0 Å². The molecule has 1 rings (SSSR count). The van der Waals surface area contributed by atoms with Crippen molar-refractivity contribution in [2.45, 2.75) is 27.2 Å². The number of esters is 2. The Morgan fingerprint density at radius 2 is 1.64 bits per heavy atom. The Bertz CT molecular complexity index is 589. The zero-order valence-electron chi connectivity index (χ0n) is 15.2. The molecule has 0 aliphatic carbocycles. The van der Waals surface area contributed by atoms with Gasteiger partial charge in [-0.25, -0.2) is 9.59 Å². The standard InChI is InChI=1S/C20H27NO4/c1-4-21(5-2)15-10-13-18(19(22)24-6-3)20(23)25-16-14-17-11-8-7-9-12-17/h7-13,15H,4-6,14,16H2,1-3H3. The van der Waals surface area contributed by atoms with E-state index >= 15 is 0 Å². The number of carbonyl (C=O) groups excluding carboxylic acids is 2. The lowest BCUT2D eigenvalue weighted by Crippen LogP contribution is -2.19. The van der Waals surface area contributed by atoms with Crippen molar-refractivity contribution in [1.29, 1.82) is 0 Å². The summed E-state index contributed by atoms with van der Waals surface area (Å²) in [4.78, 5) is 26.3. The van der Waals surface area contributed by atoms with Gasteiger partial charge in [0.2, 0.25) is 0 Å². The maximum atomic E-state index is 12.2. The highest BCUT2D eigenvalue weighted by Crippen LogP contribution is 2.06. The topological polar surface area (TPSA) is 55.8 Å². The van der Waals surface area contributed by atoms with Gasteiger partial charge in [-0.2, -0.15) is 0 Å². The van der Waals surface area contributed by atoms with Crippen molar-refractivity contribution in [2.75, 3.05) is 26.3 Å². The van der Waals surface area contributed by atoms with Crippen LogP contribution >= 0.6 is 0 Å². The molecule has 0 atom stereocenters. The Labute approximate surface area is 149 Å². The second kappa shape index (κ2) is 11.9. The van der Waals surface area contributed by atoms with E-state index in [2.05, 4.69) is 0 Å². The molecule has 0 N–H and O–H groups in total. The molecule has 0 aromatic heterocycles. The van der Waals surface area contributed by atoms with Crippen LogP contribution in [0, 0.1) is 0 Å². The first-order valence-electron chi connectivity index (χ1n) is 8.63. The highest BCUT2D eigenvalue weighted by atomic mass is 16.6. The molecule has 1 aromatic rings. The molecule has 25 heavy (non-hydrogen) atoms. The monoisotopic (exact) mass is 345 g/mol. The normalized spacial score (nSPS) is 11.4. The van der Waals surface area contributed by atoms with E-state index < -0.39 is 11.9 Å². The molecule has 0 radical (unpaired) electrons. The van der Waals surface area contributed by atoms with Gasteiger partial charge in [0.05, 0.1) is 13.2 Å². The van der Waals surface area contributed by atoms with Crippen LogP contribution in [0.3, 0.4) is 0 Å². The van der Waals surface area contributed by atoms with Gasteiger partial charge in [-0.3, -0.25) is 0 Å². The van der Waals surface area contributed by atoms with Crippen LogP contribution in [0.4, 0.5) is 0 Å². The van der Waals surface area contributed by atoms with E-state index in [1.807, 2.05) is 55.3 Å². The third kappa shape index (κ3) is 7.70. The minimum atomic E-state index is -0.670. The number of allylic oxidation sites excluding steroid dienone is 2. The fraction of sp³-hybridized carbons (Fsp3) is 0.400. The smallest absolute Gasteiger partial charge is 0.345 e. The first-order chi connectivity index (χ1) is 12.1. The Kier molecular flexibility index (Phi) is 9.75. The van der Waals surface area contributed by atoms with Gasteiger partial charge in [0.15, 0.2) is 0 Å². The largest absolute Gasteiger partial charge is 0.462 e. The van der Waals surface area contributed by atoms with Gasteiger partial charge in [0.25, 0.3) is 0 Å². The lowest BCUT2D eigenvalue weighted by molar-refractivity contribution is -0.146. The van der Waals surface area contributed by atoms with Crippen LogP contribution < -0.4 is 0 Å². The van der Waals surface area contributed by atoms with Crippen molar-refractivity contribution in [3.05, 3.63) is 59.8 Å². The minimum absolute atomic E-state index is 0.0988. The van der Waals surface area contributed by atoms with E-state index in [4.69, 9.17) is 9.47 Å². The average Bonchev–Trinajstić information content (AvgIpc) is 2.63. The molecule has 0 aliphatic rings. The summed E-state index contributed by atoms with van der Waals surface area (Å²) >= 11 is 0. The summed E-state index contributed by atoms with van der Waals surface area (Å²) in [6.07, 6.45) is 5.54. The number of rotatable bonds is 10. The number of carbonyl (C=O) groups is 2. The van der Waals surface area contributed by atoms with E-state index in [-0.39, 0.29) is 18.8 Å². The van der Waals surface area contributed by atoms with Gasteiger partial charge in [-0.05, 0) is 44.7 Å². The summed E-state index contributed by atoms with van der Waals surface area (Å²) in [6.45, 7) is 7.85. The van der Waals surface area contributed by atoms with Crippen LogP contribution in [0.2, 0.25) is 0 Å². The third-order valence-electron chi connectivity index (χ3n) is 3.55. The summed E-state index contributed by atoms with van der Waals surface area (Å²) in [6, 6.07) is 9.71. The maximum Gasteiger partial charge on any atom is 0.345 e. The zero-order chi connectivity index (χ0) is 18.5. The highest BCUT2D eigenvalue weighted by Gasteiger charge is 2.20. The van der Waals surface area contributed by atoms with Gasteiger partial charge in [0, 0.05) is 19.5 Å². The van der Waals surface area contributed by atoms with Crippen molar-refractivity contribution in [2.24, 2.45) is 0 Å². The van der Waals surface area contributed by atoms with Crippen LogP contribution in [0.5, 0.6) is 0 Å². The molecule has 0 amide bonds. The fourth-order valence-electron chi connectivity index (χ4n) is 2.11. The third-order valence-corrected chi connectivity index (χ3v) is 3.55. The molecule has 5 nitrogen and oxygen atoms in total. The summed E-state index contributed by atoms with van der Waals surface area (Å²) < 4.78 is 10.2. The Morgan fingerprint density at radius 1 is 1.00 bits per heavy atom. The molecular formula is C20H27NO4. The molecule has 0 fully saturated rings. The number of benzene rings is 1. The first-order valence-corrected chi connectivity index (χ1v) is 8.63. The van der Waals surface area contributed by atoms with Gasteiger partial charge >= 0.3 is 11.9 Å². The number of hydrogen-bond acceptors (Lipinski definition) is 5. The lowest BCUT2D eigenvalue weighted by atomic mass is 10.2. The Hall–Kier alpha value is -2.56. The molecule has 0 unspecified atom stereocenters. The van der Waals surface area contributed by atoms with Gasteiger partial charge in [-0.1, -0.05) is 30.3 Å². The molecule has 0 bridgehead atoms. The van der Waals surface area contributed by atoms with Crippen molar-refractivity contribution >= 4 is 11.9 Å². The highest BCUT2D eigenvalue weighted by molar-refractivity contribution is 6.14. The molecule has 0 saturated carbocycles. The zero-order valence-corrected chi connectivity index (χ0v) is 15.2. The summed E-state index contributed by atoms with van der Waals surface area (Å²) in [5.74, 6) is -1.34. The van der Waals surface area contributed by atoms with E-state index in [0.29, 0.717) is 6.42 Å². The van der Waals surface area contributed by atoms with Gasteiger partial charge < -0.3 is 14.4 Å². The van der Waals surface area contributed by atoms with Crippen molar-refractivity contribution in [3.8, 4) is 0 Å². The lowest BCUT2D eigenvalue weighted by Gasteiger charge is -2.14. The van der Waals surface area contributed by atoms with Crippen molar-refractivity contribution in [3.63, 3.8) is 0 Å². The predicted octanol–water partition coefficient (Wildman–Crippen LogP) is 3.12. The van der Waals surface area contributed by atoms with E-state index in [0.717, 1.165) is 18.7 Å². The molecule has 136 valence electrons. The number of hydrogen-bond donors (Lipinski definition) is 0. The summed E-state index contributed by atoms with van der Waals surface area (Å²) in [5, 5.41) is 0. The summed E-state index contributed by atoms with van der Waals surface area (Å²) in [7, 11) is 0. The van der Waals surface area contributed by atoms with E-state index in [1.54, 1.807) is 13.0 Å². The molecule has 5 heteroatoms. The second-order valence-electron chi connectivity index (χ2n) is 5.24. The number of ether oxygens (including phenoxy) is 2. The van der Waals surface area contributed by atoms with Crippen LogP contribution in [0.25, 0.3) is 0 Å². The summed E-state index contributed by atoms with van der Waals surface area (Å²) in [5.41, 5.74) is 0.969. The molecule has 0 aliphatic heterocycles. The van der Waals surface area contributed by atoms with Crippen molar-refractivity contribution in [1.82, 2.24) is 4.90 Å². The number of nitrogens with zero attached hydrogens (tertiary/aromatic N) is 1. The SMILES string of the molecule is CCOC(=O)C(=CC=CN(CC)CC)C(=O)OCCc1ccccc1.